The number of methoxy groups -OCH3 is 1. The predicted molar refractivity (Wildman–Crippen MR) is 84.4 cm³/mol. The fraction of sp³-hybridized carbons (Fsp3) is 0.333. The van der Waals surface area contributed by atoms with Gasteiger partial charge in [0.25, 0.3) is 0 Å². The van der Waals surface area contributed by atoms with E-state index < -0.39 is 0 Å². The lowest BCUT2D eigenvalue weighted by atomic mass is 10.2. The van der Waals surface area contributed by atoms with Crippen molar-refractivity contribution >= 4 is 23.3 Å². The summed E-state index contributed by atoms with van der Waals surface area (Å²) in [4.78, 5) is 11.9. The number of rotatable bonds is 6. The molecule has 1 aromatic heterocycles. The molecule has 1 heterocycles. The molecule has 7 heteroatoms. The summed E-state index contributed by atoms with van der Waals surface area (Å²) < 4.78 is 10.2. The highest BCUT2D eigenvalue weighted by Gasteiger charge is 2.10. The van der Waals surface area contributed by atoms with Gasteiger partial charge in [0.15, 0.2) is 5.76 Å². The van der Waals surface area contributed by atoms with Crippen LogP contribution in [0.5, 0.6) is 5.75 Å². The normalized spacial score (nSPS) is 10.3. The first-order chi connectivity index (χ1) is 10.6. The Kier molecular flexibility index (Phi) is 5.66. The van der Waals surface area contributed by atoms with E-state index in [1.165, 1.54) is 7.11 Å². The Hall–Kier alpha value is -2.21. The third-order valence-electron chi connectivity index (χ3n) is 2.97. The second-order valence-corrected chi connectivity index (χ2v) is 5.04. The van der Waals surface area contributed by atoms with Crippen LogP contribution in [0.25, 0.3) is 0 Å². The Morgan fingerprint density at radius 3 is 3.00 bits per heavy atom. The summed E-state index contributed by atoms with van der Waals surface area (Å²) in [6.07, 6.45) is 1.85. The zero-order valence-electron chi connectivity index (χ0n) is 12.5. The van der Waals surface area contributed by atoms with Gasteiger partial charge >= 0.3 is 6.03 Å². The maximum absolute atomic E-state index is 11.9. The Morgan fingerprint density at radius 1 is 1.45 bits per heavy atom. The summed E-state index contributed by atoms with van der Waals surface area (Å²) in [6.45, 7) is 2.32. The van der Waals surface area contributed by atoms with Gasteiger partial charge in [-0.15, -0.1) is 0 Å². The number of carbonyl (C=O) groups excluding carboxylic acids is 1. The first kappa shape index (κ1) is 16.2. The molecule has 0 aliphatic heterocycles. The summed E-state index contributed by atoms with van der Waals surface area (Å²) in [5, 5.41) is 9.62. The van der Waals surface area contributed by atoms with Crippen LogP contribution in [0.3, 0.4) is 0 Å². The minimum atomic E-state index is -0.386. The number of carbonyl (C=O) groups is 1. The van der Waals surface area contributed by atoms with Crippen LogP contribution in [0.15, 0.2) is 28.8 Å². The first-order valence-corrected chi connectivity index (χ1v) is 7.33. The van der Waals surface area contributed by atoms with E-state index in [-0.39, 0.29) is 12.6 Å². The number of hydrogen-bond acceptors (Lipinski definition) is 4. The molecule has 0 radical (unpaired) electrons. The van der Waals surface area contributed by atoms with Crippen LogP contribution in [0.1, 0.15) is 24.8 Å². The van der Waals surface area contributed by atoms with E-state index >= 15 is 0 Å². The molecule has 2 aromatic rings. The molecular formula is C15H18ClN3O3. The molecule has 0 unspecified atom stereocenters. The largest absolute Gasteiger partial charge is 0.495 e. The summed E-state index contributed by atoms with van der Waals surface area (Å²) in [6, 6.07) is 6.60. The van der Waals surface area contributed by atoms with Gasteiger partial charge < -0.3 is 19.9 Å². The van der Waals surface area contributed by atoms with Crippen molar-refractivity contribution in [1.29, 1.82) is 0 Å². The number of amides is 2. The van der Waals surface area contributed by atoms with E-state index in [1.54, 1.807) is 18.2 Å². The molecule has 118 valence electrons. The highest BCUT2D eigenvalue weighted by Crippen LogP contribution is 2.31. The van der Waals surface area contributed by atoms with E-state index in [1.807, 2.05) is 6.07 Å². The van der Waals surface area contributed by atoms with E-state index in [2.05, 4.69) is 22.7 Å². The maximum Gasteiger partial charge on any atom is 0.319 e. The Bertz CT molecular complexity index is 643. The fourth-order valence-corrected chi connectivity index (χ4v) is 2.16. The van der Waals surface area contributed by atoms with Gasteiger partial charge in [-0.05, 0) is 18.6 Å². The molecule has 2 amide bonds. The number of urea groups is 1. The predicted octanol–water partition coefficient (Wildman–Crippen LogP) is 3.61. The number of anilines is 1. The van der Waals surface area contributed by atoms with Gasteiger partial charge in [-0.2, -0.15) is 0 Å². The van der Waals surface area contributed by atoms with Gasteiger partial charge in [-0.25, -0.2) is 4.79 Å². The highest BCUT2D eigenvalue weighted by atomic mass is 35.5. The van der Waals surface area contributed by atoms with Crippen LogP contribution in [0, 0.1) is 0 Å². The summed E-state index contributed by atoms with van der Waals surface area (Å²) in [7, 11) is 1.52. The van der Waals surface area contributed by atoms with Crippen molar-refractivity contribution in [2.24, 2.45) is 0 Å². The summed E-state index contributed by atoms with van der Waals surface area (Å²) >= 11 is 6.11. The molecule has 0 bridgehead atoms. The van der Waals surface area contributed by atoms with E-state index in [9.17, 15) is 4.79 Å². The molecule has 0 spiro atoms. The first-order valence-electron chi connectivity index (χ1n) is 6.95. The van der Waals surface area contributed by atoms with Crippen molar-refractivity contribution in [2.45, 2.75) is 26.3 Å². The molecule has 0 saturated carbocycles. The molecule has 2 rings (SSSR count). The maximum atomic E-state index is 11.9. The van der Waals surface area contributed by atoms with Crippen molar-refractivity contribution in [3.05, 3.63) is 40.7 Å². The van der Waals surface area contributed by atoms with Crippen LogP contribution in [0.2, 0.25) is 5.02 Å². The molecule has 22 heavy (non-hydrogen) atoms. The molecular weight excluding hydrogens is 306 g/mol. The van der Waals surface area contributed by atoms with Gasteiger partial charge in [-0.1, -0.05) is 36.2 Å². The average molecular weight is 324 g/mol. The third-order valence-corrected chi connectivity index (χ3v) is 3.36. The molecule has 2 N–H and O–H groups in total. The molecule has 0 saturated heterocycles. The Morgan fingerprint density at radius 2 is 2.27 bits per heavy atom. The molecule has 0 fully saturated rings. The lowest BCUT2D eigenvalue weighted by Crippen LogP contribution is -2.28. The molecule has 1 aromatic carbocycles. The SMILES string of the molecule is CCCc1cc(CNC(=O)Nc2cccc(OC)c2Cl)on1. The molecule has 0 atom stereocenters. The number of halogens is 1. The van der Waals surface area contributed by atoms with E-state index in [0.717, 1.165) is 18.5 Å². The quantitative estimate of drug-likeness (QED) is 0.851. The lowest BCUT2D eigenvalue weighted by Gasteiger charge is -2.10. The molecule has 0 aliphatic carbocycles. The monoisotopic (exact) mass is 323 g/mol. The van der Waals surface area contributed by atoms with Gasteiger partial charge in [0.05, 0.1) is 25.0 Å². The van der Waals surface area contributed by atoms with Gasteiger partial charge in [0.2, 0.25) is 0 Å². The highest BCUT2D eigenvalue weighted by molar-refractivity contribution is 6.35. The number of nitrogens with one attached hydrogen (secondary N) is 2. The van der Waals surface area contributed by atoms with Crippen molar-refractivity contribution in [2.75, 3.05) is 12.4 Å². The van der Waals surface area contributed by atoms with E-state index in [0.29, 0.717) is 22.2 Å². The van der Waals surface area contributed by atoms with Crippen LogP contribution in [-0.4, -0.2) is 18.3 Å². The lowest BCUT2D eigenvalue weighted by molar-refractivity contribution is 0.250. The topological polar surface area (TPSA) is 76.4 Å². The number of aromatic nitrogens is 1. The second kappa shape index (κ2) is 7.70. The zero-order valence-corrected chi connectivity index (χ0v) is 13.2. The van der Waals surface area contributed by atoms with Gasteiger partial charge in [0, 0.05) is 6.07 Å². The number of aryl methyl sites for hydroxylation is 1. The van der Waals surface area contributed by atoms with Crippen LogP contribution >= 0.6 is 11.6 Å². The van der Waals surface area contributed by atoms with Gasteiger partial charge in [0.1, 0.15) is 10.8 Å². The average Bonchev–Trinajstić information content (AvgIpc) is 2.95. The minimum absolute atomic E-state index is 0.254. The minimum Gasteiger partial charge on any atom is -0.495 e. The summed E-state index contributed by atoms with van der Waals surface area (Å²) in [5.74, 6) is 1.11. The number of benzene rings is 1. The second-order valence-electron chi connectivity index (χ2n) is 4.66. The zero-order chi connectivity index (χ0) is 15.9. The Labute approximate surface area is 133 Å². The number of ether oxygens (including phenoxy) is 1. The molecule has 6 nitrogen and oxygen atoms in total. The van der Waals surface area contributed by atoms with Crippen LogP contribution in [0.4, 0.5) is 10.5 Å². The Balaban J connectivity index is 1.90. The number of hydrogen-bond donors (Lipinski definition) is 2. The smallest absolute Gasteiger partial charge is 0.319 e. The van der Waals surface area contributed by atoms with Crippen LogP contribution in [-0.2, 0) is 13.0 Å². The van der Waals surface area contributed by atoms with Crippen molar-refractivity contribution in [3.63, 3.8) is 0 Å². The van der Waals surface area contributed by atoms with E-state index in [4.69, 9.17) is 20.9 Å². The van der Waals surface area contributed by atoms with Crippen LogP contribution < -0.4 is 15.4 Å². The number of nitrogens with zero attached hydrogens (tertiary/aromatic N) is 1. The van der Waals surface area contributed by atoms with Crippen molar-refractivity contribution in [3.8, 4) is 5.75 Å². The third kappa shape index (κ3) is 4.14. The van der Waals surface area contributed by atoms with Gasteiger partial charge in [-0.3, -0.25) is 0 Å². The fourth-order valence-electron chi connectivity index (χ4n) is 1.91. The van der Waals surface area contributed by atoms with Crippen molar-refractivity contribution < 1.29 is 14.1 Å². The van der Waals surface area contributed by atoms with Crippen molar-refractivity contribution in [1.82, 2.24) is 10.5 Å². The molecule has 0 aliphatic rings. The standard InChI is InChI=1S/C15H18ClN3O3/c1-3-5-10-8-11(22-19-10)9-17-15(20)18-12-6-4-7-13(21-2)14(12)16/h4,6-8H,3,5,9H2,1-2H3,(H2,17,18,20). The summed E-state index contributed by atoms with van der Waals surface area (Å²) in [5.41, 5.74) is 1.36.